The number of sulfone groups is 1. The molecule has 7 heteroatoms. The molecule has 0 heterocycles. The SMILES string of the molecule is CS(=O)(=O)c1ccc(-c2ccc(-c3cc4c(cc3Cl)C(=N)C(CCCC(=O)O)=C4)cc2)cc1. The van der Waals surface area contributed by atoms with E-state index in [1.807, 2.05) is 36.4 Å². The number of aliphatic carboxylic acids is 1. The van der Waals surface area contributed by atoms with Crippen LogP contribution in [0.2, 0.25) is 5.02 Å². The van der Waals surface area contributed by atoms with Gasteiger partial charge in [0.25, 0.3) is 0 Å². The summed E-state index contributed by atoms with van der Waals surface area (Å²) in [4.78, 5) is 11.1. The first-order chi connectivity index (χ1) is 15.6. The monoisotopic (exact) mass is 479 g/mol. The van der Waals surface area contributed by atoms with Crippen LogP contribution >= 0.6 is 11.6 Å². The zero-order valence-electron chi connectivity index (χ0n) is 17.9. The number of carboxylic acids is 1. The molecule has 3 aromatic carbocycles. The van der Waals surface area contributed by atoms with Gasteiger partial charge in [0.1, 0.15) is 0 Å². The molecule has 0 unspecified atom stereocenters. The van der Waals surface area contributed by atoms with Gasteiger partial charge in [-0.25, -0.2) is 8.42 Å². The van der Waals surface area contributed by atoms with Crippen LogP contribution in [0, 0.1) is 5.41 Å². The smallest absolute Gasteiger partial charge is 0.303 e. The van der Waals surface area contributed by atoms with Crippen molar-refractivity contribution in [2.45, 2.75) is 24.2 Å². The summed E-state index contributed by atoms with van der Waals surface area (Å²) < 4.78 is 23.3. The number of hydrogen-bond acceptors (Lipinski definition) is 4. The van der Waals surface area contributed by atoms with Crippen LogP contribution in [0.5, 0.6) is 0 Å². The molecule has 1 aliphatic rings. The predicted octanol–water partition coefficient (Wildman–Crippen LogP) is 6.10. The zero-order chi connectivity index (χ0) is 23.8. The fourth-order valence-corrected chi connectivity index (χ4v) is 4.85. The molecular formula is C26H22ClNO4S. The molecule has 3 aromatic rings. The first-order valence-corrected chi connectivity index (χ1v) is 12.7. The molecule has 5 nitrogen and oxygen atoms in total. The number of fused-ring (bicyclic) bond motifs is 1. The number of halogens is 1. The van der Waals surface area contributed by atoms with Gasteiger partial charge in [-0.05, 0) is 71.0 Å². The van der Waals surface area contributed by atoms with Crippen molar-refractivity contribution < 1.29 is 18.3 Å². The Kier molecular flexibility index (Phi) is 6.23. The van der Waals surface area contributed by atoms with E-state index in [0.717, 1.165) is 39.0 Å². The van der Waals surface area contributed by atoms with Gasteiger partial charge in [0.15, 0.2) is 9.84 Å². The third-order valence-electron chi connectivity index (χ3n) is 5.71. The Balaban J connectivity index is 1.59. The van der Waals surface area contributed by atoms with Gasteiger partial charge in [-0.3, -0.25) is 10.2 Å². The summed E-state index contributed by atoms with van der Waals surface area (Å²) in [5.41, 5.74) is 6.55. The van der Waals surface area contributed by atoms with Gasteiger partial charge in [0.05, 0.1) is 10.6 Å². The molecule has 0 amide bonds. The number of carbonyl (C=O) groups is 1. The average Bonchev–Trinajstić information content (AvgIpc) is 3.07. The van der Waals surface area contributed by atoms with E-state index < -0.39 is 15.8 Å². The molecule has 0 aliphatic heterocycles. The molecule has 33 heavy (non-hydrogen) atoms. The fourth-order valence-electron chi connectivity index (χ4n) is 3.94. The van der Waals surface area contributed by atoms with Gasteiger partial charge in [-0.2, -0.15) is 0 Å². The Morgan fingerprint density at radius 1 is 0.939 bits per heavy atom. The Bertz CT molecular complexity index is 1390. The number of nitrogens with one attached hydrogen (secondary N) is 1. The van der Waals surface area contributed by atoms with E-state index in [9.17, 15) is 13.2 Å². The van der Waals surface area contributed by atoms with Crippen LogP contribution in [0.3, 0.4) is 0 Å². The molecule has 168 valence electrons. The van der Waals surface area contributed by atoms with Gasteiger partial charge in [0, 0.05) is 28.8 Å². The van der Waals surface area contributed by atoms with Crippen molar-refractivity contribution in [2.75, 3.05) is 6.26 Å². The van der Waals surface area contributed by atoms with E-state index >= 15 is 0 Å². The summed E-state index contributed by atoms with van der Waals surface area (Å²) in [5.74, 6) is -0.835. The lowest BCUT2D eigenvalue weighted by molar-refractivity contribution is -0.137. The second-order valence-corrected chi connectivity index (χ2v) is 10.5. The first kappa shape index (κ1) is 23.0. The highest BCUT2D eigenvalue weighted by Crippen LogP contribution is 2.37. The fraction of sp³-hybridized carbons (Fsp3) is 0.154. The summed E-state index contributed by atoms with van der Waals surface area (Å²) in [6, 6.07) is 18.4. The molecule has 0 saturated heterocycles. The molecule has 2 N–H and O–H groups in total. The lowest BCUT2D eigenvalue weighted by Crippen LogP contribution is -2.01. The van der Waals surface area contributed by atoms with Crippen LogP contribution in [-0.2, 0) is 14.6 Å². The molecule has 0 radical (unpaired) electrons. The Labute approximate surface area is 197 Å². The number of hydrogen-bond donors (Lipinski definition) is 2. The summed E-state index contributed by atoms with van der Waals surface area (Å²) in [5, 5.41) is 17.8. The van der Waals surface area contributed by atoms with Crippen LogP contribution in [0.25, 0.3) is 28.3 Å². The lowest BCUT2D eigenvalue weighted by Gasteiger charge is -2.10. The summed E-state index contributed by atoms with van der Waals surface area (Å²) in [6.07, 6.45) is 4.24. The van der Waals surface area contributed by atoms with E-state index in [0.29, 0.717) is 23.6 Å². The Hall–Kier alpha value is -3.22. The standard InChI is InChI=1S/C26H22ClNO4S/c1-33(31,32)21-11-9-17(10-12-21)16-5-7-18(8-6-16)22-14-20-13-19(3-2-4-25(29)30)26(28)23(20)15-24(22)27/h5-15,28H,2-4H2,1H3,(H,29,30). The van der Waals surface area contributed by atoms with Crippen molar-refractivity contribution in [3.05, 3.63) is 82.4 Å². The third-order valence-corrected chi connectivity index (χ3v) is 7.15. The van der Waals surface area contributed by atoms with Crippen molar-refractivity contribution in [2.24, 2.45) is 0 Å². The number of benzene rings is 3. The Morgan fingerprint density at radius 2 is 1.52 bits per heavy atom. The largest absolute Gasteiger partial charge is 0.481 e. The van der Waals surface area contributed by atoms with Crippen LogP contribution in [0.15, 0.2) is 71.1 Å². The molecular weight excluding hydrogens is 458 g/mol. The molecule has 4 rings (SSSR count). The highest BCUT2D eigenvalue weighted by molar-refractivity contribution is 7.90. The van der Waals surface area contributed by atoms with Crippen LogP contribution in [0.1, 0.15) is 30.4 Å². The van der Waals surface area contributed by atoms with Crippen molar-refractivity contribution in [3.8, 4) is 22.3 Å². The molecule has 1 aliphatic carbocycles. The maximum atomic E-state index is 11.7. The second-order valence-electron chi connectivity index (χ2n) is 8.09. The summed E-state index contributed by atoms with van der Waals surface area (Å²) >= 11 is 6.56. The summed E-state index contributed by atoms with van der Waals surface area (Å²) in [7, 11) is -3.23. The van der Waals surface area contributed by atoms with E-state index in [-0.39, 0.29) is 11.3 Å². The third kappa shape index (κ3) is 4.92. The van der Waals surface area contributed by atoms with Gasteiger partial charge >= 0.3 is 5.97 Å². The van der Waals surface area contributed by atoms with Gasteiger partial charge < -0.3 is 5.11 Å². The van der Waals surface area contributed by atoms with Crippen molar-refractivity contribution in [3.63, 3.8) is 0 Å². The molecule has 0 atom stereocenters. The van der Waals surface area contributed by atoms with Crippen LogP contribution in [-0.4, -0.2) is 31.5 Å². The van der Waals surface area contributed by atoms with Gasteiger partial charge in [-0.1, -0.05) is 48.0 Å². The van der Waals surface area contributed by atoms with Crippen molar-refractivity contribution in [1.29, 1.82) is 5.41 Å². The quantitative estimate of drug-likeness (QED) is 0.428. The highest BCUT2D eigenvalue weighted by atomic mass is 35.5. The minimum Gasteiger partial charge on any atom is -0.481 e. The van der Waals surface area contributed by atoms with Crippen LogP contribution in [0.4, 0.5) is 0 Å². The predicted molar refractivity (Wildman–Crippen MR) is 132 cm³/mol. The van der Waals surface area contributed by atoms with Crippen molar-refractivity contribution >= 4 is 39.2 Å². The topological polar surface area (TPSA) is 95.3 Å². The lowest BCUT2D eigenvalue weighted by atomic mass is 9.97. The maximum absolute atomic E-state index is 11.7. The Morgan fingerprint density at radius 3 is 2.09 bits per heavy atom. The summed E-state index contributed by atoms with van der Waals surface area (Å²) in [6.45, 7) is 0. The normalized spacial score (nSPS) is 13.0. The first-order valence-electron chi connectivity index (χ1n) is 10.4. The minimum absolute atomic E-state index is 0.0797. The van der Waals surface area contributed by atoms with Crippen LogP contribution < -0.4 is 0 Å². The molecule has 0 aromatic heterocycles. The highest BCUT2D eigenvalue weighted by Gasteiger charge is 2.21. The maximum Gasteiger partial charge on any atom is 0.303 e. The van der Waals surface area contributed by atoms with E-state index in [4.69, 9.17) is 22.1 Å². The number of rotatable bonds is 7. The molecule has 0 spiro atoms. The molecule has 0 bridgehead atoms. The second kappa shape index (κ2) is 8.96. The average molecular weight is 480 g/mol. The van der Waals surface area contributed by atoms with Gasteiger partial charge in [0.2, 0.25) is 0 Å². The van der Waals surface area contributed by atoms with Crippen molar-refractivity contribution in [1.82, 2.24) is 0 Å². The number of carboxylic acid groups (broad SMARTS) is 1. The van der Waals surface area contributed by atoms with E-state index in [1.165, 1.54) is 6.26 Å². The zero-order valence-corrected chi connectivity index (χ0v) is 19.5. The van der Waals surface area contributed by atoms with E-state index in [2.05, 4.69) is 0 Å². The minimum atomic E-state index is -3.23. The van der Waals surface area contributed by atoms with Gasteiger partial charge in [-0.15, -0.1) is 0 Å². The molecule has 0 saturated carbocycles. The number of allylic oxidation sites excluding steroid dienone is 1. The van der Waals surface area contributed by atoms with E-state index in [1.54, 1.807) is 30.3 Å². The molecule has 0 fully saturated rings.